The summed E-state index contributed by atoms with van der Waals surface area (Å²) in [6.45, 7) is 0. The molecular formula is C14H9S. The second-order valence-electron chi connectivity index (χ2n) is 3.50. The van der Waals surface area contributed by atoms with E-state index in [1.807, 2.05) is 0 Å². The van der Waals surface area contributed by atoms with Crippen LogP contribution in [-0.2, 0) is 0 Å². The first-order valence-electron chi connectivity index (χ1n) is 4.88. The summed E-state index contributed by atoms with van der Waals surface area (Å²) in [4.78, 5) is 0. The summed E-state index contributed by atoms with van der Waals surface area (Å²) in [7, 11) is 0. The van der Waals surface area contributed by atoms with Gasteiger partial charge in [0.15, 0.2) is 0 Å². The topological polar surface area (TPSA) is 0 Å². The van der Waals surface area contributed by atoms with Crippen molar-refractivity contribution in [1.82, 2.24) is 0 Å². The van der Waals surface area contributed by atoms with Crippen LogP contribution in [0.2, 0.25) is 0 Å². The Balaban J connectivity index is 2.22. The minimum Gasteiger partial charge on any atom is -0.142 e. The Morgan fingerprint density at radius 2 is 1.73 bits per heavy atom. The van der Waals surface area contributed by atoms with Crippen molar-refractivity contribution in [3.8, 4) is 11.1 Å². The zero-order valence-corrected chi connectivity index (χ0v) is 8.92. The number of hydrogen-bond acceptors (Lipinski definition) is 1. The molecule has 0 amide bonds. The summed E-state index contributed by atoms with van der Waals surface area (Å²) >= 11 is 1.61. The minimum absolute atomic E-state index is 1.19. The Morgan fingerprint density at radius 1 is 0.867 bits per heavy atom. The number of hydrogen-bond donors (Lipinski definition) is 0. The quantitative estimate of drug-likeness (QED) is 0.558. The van der Waals surface area contributed by atoms with Crippen molar-refractivity contribution in [3.63, 3.8) is 0 Å². The Labute approximate surface area is 92.8 Å². The predicted molar refractivity (Wildman–Crippen MR) is 66.1 cm³/mol. The molecule has 15 heavy (non-hydrogen) atoms. The molecule has 71 valence electrons. The highest BCUT2D eigenvalue weighted by Crippen LogP contribution is 2.25. The third-order valence-electron chi connectivity index (χ3n) is 2.53. The highest BCUT2D eigenvalue weighted by molar-refractivity contribution is 7.07. The highest BCUT2D eigenvalue weighted by atomic mass is 32.1. The van der Waals surface area contributed by atoms with Gasteiger partial charge in [-0.2, -0.15) is 0 Å². The first-order valence-corrected chi connectivity index (χ1v) is 5.76. The van der Waals surface area contributed by atoms with Crippen molar-refractivity contribution >= 4 is 22.1 Å². The van der Waals surface area contributed by atoms with Crippen LogP contribution < -0.4 is 0 Å². The molecule has 0 fully saturated rings. The first-order chi connectivity index (χ1) is 7.43. The molecule has 1 radical (unpaired) electrons. The van der Waals surface area contributed by atoms with Gasteiger partial charge in [-0.25, -0.2) is 0 Å². The van der Waals surface area contributed by atoms with Gasteiger partial charge in [0, 0.05) is 5.56 Å². The number of benzene rings is 2. The Kier molecular flexibility index (Phi) is 2.04. The second kappa shape index (κ2) is 3.52. The fraction of sp³-hybridized carbons (Fsp3) is 0. The highest BCUT2D eigenvalue weighted by Gasteiger charge is 1.99. The van der Waals surface area contributed by atoms with Gasteiger partial charge in [0.2, 0.25) is 0 Å². The van der Waals surface area contributed by atoms with Crippen LogP contribution in [-0.4, -0.2) is 0 Å². The third-order valence-corrected chi connectivity index (χ3v) is 3.14. The summed E-state index contributed by atoms with van der Waals surface area (Å²) in [5.74, 6) is 0. The van der Waals surface area contributed by atoms with E-state index in [0.717, 1.165) is 0 Å². The normalized spacial score (nSPS) is 10.7. The molecule has 0 aliphatic heterocycles. The SMILES string of the molecule is [c]1sccc1-c1ccc2ccccc2c1. The molecule has 0 bridgehead atoms. The fourth-order valence-corrected chi connectivity index (χ4v) is 2.33. The van der Waals surface area contributed by atoms with Crippen molar-refractivity contribution in [2.24, 2.45) is 0 Å². The number of thiophene rings is 1. The molecule has 2 aromatic carbocycles. The van der Waals surface area contributed by atoms with Gasteiger partial charge in [0.1, 0.15) is 0 Å². The van der Waals surface area contributed by atoms with Crippen molar-refractivity contribution < 1.29 is 0 Å². The summed E-state index contributed by atoms with van der Waals surface area (Å²) in [5, 5.41) is 7.89. The van der Waals surface area contributed by atoms with Gasteiger partial charge in [0.25, 0.3) is 0 Å². The van der Waals surface area contributed by atoms with E-state index in [0.29, 0.717) is 0 Å². The molecule has 0 aliphatic carbocycles. The van der Waals surface area contributed by atoms with E-state index in [1.54, 1.807) is 11.3 Å². The molecule has 1 heterocycles. The van der Waals surface area contributed by atoms with E-state index in [9.17, 15) is 0 Å². The van der Waals surface area contributed by atoms with Gasteiger partial charge >= 0.3 is 0 Å². The van der Waals surface area contributed by atoms with Crippen molar-refractivity contribution in [2.75, 3.05) is 0 Å². The maximum absolute atomic E-state index is 3.26. The minimum atomic E-state index is 1.19. The Bertz CT molecular complexity index is 579. The molecule has 1 heteroatoms. The van der Waals surface area contributed by atoms with Crippen molar-refractivity contribution in [1.29, 1.82) is 0 Å². The zero-order chi connectivity index (χ0) is 10.1. The van der Waals surface area contributed by atoms with Crippen LogP contribution in [0.1, 0.15) is 0 Å². The number of rotatable bonds is 1. The van der Waals surface area contributed by atoms with Gasteiger partial charge in [-0.3, -0.25) is 0 Å². The molecule has 0 atom stereocenters. The largest absolute Gasteiger partial charge is 0.142 e. The fourth-order valence-electron chi connectivity index (χ4n) is 1.75. The molecule has 0 nitrogen and oxygen atoms in total. The van der Waals surface area contributed by atoms with Gasteiger partial charge in [0.05, 0.1) is 5.38 Å². The van der Waals surface area contributed by atoms with Crippen LogP contribution >= 0.6 is 11.3 Å². The second-order valence-corrected chi connectivity index (χ2v) is 4.21. The summed E-state index contributed by atoms with van der Waals surface area (Å²) < 4.78 is 0. The van der Waals surface area contributed by atoms with Gasteiger partial charge < -0.3 is 0 Å². The van der Waals surface area contributed by atoms with E-state index < -0.39 is 0 Å². The smallest absolute Gasteiger partial charge is 0.0527 e. The van der Waals surface area contributed by atoms with E-state index in [1.165, 1.54) is 21.9 Å². The maximum atomic E-state index is 3.26. The van der Waals surface area contributed by atoms with Crippen LogP contribution in [0.25, 0.3) is 21.9 Å². The standard InChI is InChI=1S/C14H9S/c1-2-4-12-9-13(6-5-11(12)3-1)14-7-8-15-10-14/h1-9H. The lowest BCUT2D eigenvalue weighted by Crippen LogP contribution is -1.75. The lowest BCUT2D eigenvalue weighted by molar-refractivity contribution is 1.71. The van der Waals surface area contributed by atoms with E-state index in [4.69, 9.17) is 0 Å². The van der Waals surface area contributed by atoms with E-state index in [-0.39, 0.29) is 0 Å². The monoisotopic (exact) mass is 209 g/mol. The molecule has 0 N–H and O–H groups in total. The predicted octanol–water partition coefficient (Wildman–Crippen LogP) is 4.37. The zero-order valence-electron chi connectivity index (χ0n) is 8.10. The van der Waals surface area contributed by atoms with E-state index in [2.05, 4.69) is 59.3 Å². The maximum Gasteiger partial charge on any atom is 0.0527 e. The Hall–Kier alpha value is -1.60. The summed E-state index contributed by atoms with van der Waals surface area (Å²) in [6, 6.07) is 17.1. The molecule has 0 saturated carbocycles. The summed E-state index contributed by atoms with van der Waals surface area (Å²) in [6.07, 6.45) is 0. The lowest BCUT2D eigenvalue weighted by atomic mass is 10.0. The molecule has 0 aliphatic rings. The van der Waals surface area contributed by atoms with E-state index >= 15 is 0 Å². The van der Waals surface area contributed by atoms with Crippen LogP contribution in [0.5, 0.6) is 0 Å². The third kappa shape index (κ3) is 1.55. The van der Waals surface area contributed by atoms with Gasteiger partial charge in [-0.15, -0.1) is 11.3 Å². The average Bonchev–Trinajstić information content (AvgIpc) is 2.82. The molecule has 0 saturated heterocycles. The Morgan fingerprint density at radius 3 is 2.53 bits per heavy atom. The first kappa shape index (κ1) is 8.69. The molecular weight excluding hydrogens is 200 g/mol. The van der Waals surface area contributed by atoms with Gasteiger partial charge in [-0.1, -0.05) is 36.4 Å². The van der Waals surface area contributed by atoms with Crippen molar-refractivity contribution in [2.45, 2.75) is 0 Å². The van der Waals surface area contributed by atoms with Crippen LogP contribution in [0.3, 0.4) is 0 Å². The van der Waals surface area contributed by atoms with Crippen LogP contribution in [0, 0.1) is 5.38 Å². The molecule has 1 aromatic heterocycles. The molecule has 0 spiro atoms. The van der Waals surface area contributed by atoms with Crippen LogP contribution in [0.15, 0.2) is 53.9 Å². The van der Waals surface area contributed by atoms with Crippen molar-refractivity contribution in [3.05, 3.63) is 59.3 Å². The molecule has 3 aromatic rings. The number of fused-ring (bicyclic) bond motifs is 1. The lowest BCUT2D eigenvalue weighted by Gasteiger charge is -2.00. The summed E-state index contributed by atoms with van der Waals surface area (Å²) in [5.41, 5.74) is 2.43. The average molecular weight is 209 g/mol. The van der Waals surface area contributed by atoms with Gasteiger partial charge in [-0.05, 0) is 33.8 Å². The molecule has 0 unspecified atom stereocenters. The molecule has 3 rings (SSSR count). The van der Waals surface area contributed by atoms with Crippen LogP contribution in [0.4, 0.5) is 0 Å².